The molecule has 0 heterocycles. The van der Waals surface area contributed by atoms with Crippen molar-refractivity contribution in [3.05, 3.63) is 0 Å². The predicted octanol–water partition coefficient (Wildman–Crippen LogP) is -7.01. The van der Waals surface area contributed by atoms with Gasteiger partial charge in [-0.15, -0.1) is 0 Å². The SMILES string of the molecule is F.[Ba+2].[H-].[H-].[H-].[H-].[Li+].[Li+].[O]=[Ti]([OH])[OH]. The molecule has 0 amide bonds. The van der Waals surface area contributed by atoms with Crippen molar-refractivity contribution in [2.75, 3.05) is 0 Å². The first-order chi connectivity index (χ1) is 1.73. The van der Waals surface area contributed by atoms with Gasteiger partial charge in [0.15, 0.2) is 0 Å². The molecule has 8 heteroatoms. The van der Waals surface area contributed by atoms with E-state index in [2.05, 4.69) is 0 Å². The third-order valence-electron chi connectivity index (χ3n) is 0. The second-order valence-electron chi connectivity index (χ2n) is 0.283. The van der Waals surface area contributed by atoms with Gasteiger partial charge in [-0.1, -0.05) is 0 Å². The average Bonchev–Trinajstić information content (AvgIpc) is 0.811. The van der Waals surface area contributed by atoms with Crippen LogP contribution < -0.4 is 37.7 Å². The first-order valence-electron chi connectivity index (χ1n) is 0.651. The van der Waals surface area contributed by atoms with E-state index in [4.69, 9.17) is 10.7 Å². The summed E-state index contributed by atoms with van der Waals surface area (Å²) in [4.78, 5) is 0. The molecule has 0 aliphatic rings. The Morgan fingerprint density at radius 2 is 1.25 bits per heavy atom. The Morgan fingerprint density at radius 3 is 1.25 bits per heavy atom. The van der Waals surface area contributed by atoms with Gasteiger partial charge >= 0.3 is 116 Å². The maximum atomic E-state index is 8.81. The van der Waals surface area contributed by atoms with Crippen molar-refractivity contribution in [1.82, 2.24) is 0 Å². The molecule has 0 unspecified atom stereocenters. The van der Waals surface area contributed by atoms with Crippen molar-refractivity contribution in [1.29, 1.82) is 0 Å². The predicted molar refractivity (Wildman–Crippen MR) is 17.8 cm³/mol. The third-order valence-corrected chi connectivity index (χ3v) is 0. The fourth-order valence-electron chi connectivity index (χ4n) is 0. The maximum absolute atomic E-state index is 8.81. The van der Waals surface area contributed by atoms with Crippen LogP contribution in [0.4, 0.5) is 4.70 Å². The molecule has 0 aromatic heterocycles. The van der Waals surface area contributed by atoms with Gasteiger partial charge in [-0.3, -0.25) is 4.70 Å². The van der Waals surface area contributed by atoms with Gasteiger partial charge in [0.2, 0.25) is 0 Å². The van der Waals surface area contributed by atoms with Crippen molar-refractivity contribution >= 4 is 48.9 Å². The minimum atomic E-state index is -3.58. The number of hydrogen-bond donors (Lipinski definition) is 2. The summed E-state index contributed by atoms with van der Waals surface area (Å²) in [6.45, 7) is 0. The molecule has 2 N–H and O–H groups in total. The fourth-order valence-corrected chi connectivity index (χ4v) is 0. The van der Waals surface area contributed by atoms with E-state index >= 15 is 0 Å². The Balaban J connectivity index is -0.00000000161. The zero-order chi connectivity index (χ0) is 3.58. The summed E-state index contributed by atoms with van der Waals surface area (Å²) in [6, 6.07) is 0. The normalized spacial score (nSPS) is 3.25. The molecule has 0 aromatic carbocycles. The summed E-state index contributed by atoms with van der Waals surface area (Å²) in [5.74, 6) is 0. The zero-order valence-electron chi connectivity index (χ0n) is 8.92. The first-order valence-corrected chi connectivity index (χ1v) is 2.69. The second-order valence-corrected chi connectivity index (χ2v) is 1.17. The number of rotatable bonds is 0. The molecule has 0 atom stereocenters. The van der Waals surface area contributed by atoms with Crippen LogP contribution in [0.2, 0.25) is 0 Å². The summed E-state index contributed by atoms with van der Waals surface area (Å²) in [5, 5.41) is 0. The van der Waals surface area contributed by atoms with Crippen LogP contribution in [0.25, 0.3) is 0 Å². The van der Waals surface area contributed by atoms with Gasteiger partial charge in [0.1, 0.15) is 0 Å². The van der Waals surface area contributed by atoms with Gasteiger partial charge in [0, 0.05) is 0 Å². The van der Waals surface area contributed by atoms with E-state index in [1.54, 1.807) is 0 Å². The zero-order valence-corrected chi connectivity index (χ0v) is 10.9. The quantitative estimate of drug-likeness (QED) is 0.431. The van der Waals surface area contributed by atoms with Gasteiger partial charge < -0.3 is 5.71 Å². The first kappa shape index (κ1) is 30.4. The molecule has 0 fully saturated rings. The van der Waals surface area contributed by atoms with Crippen molar-refractivity contribution < 1.29 is 77.4 Å². The molecule has 0 saturated heterocycles. The molecular formula is H7BaFLi2O3Ti. The van der Waals surface area contributed by atoms with Gasteiger partial charge in [-0.2, -0.15) is 0 Å². The van der Waals surface area contributed by atoms with Gasteiger partial charge in [-0.05, 0) is 0 Å². The Kier molecular flexibility index (Phi) is 85.4. The fraction of sp³-hybridized carbons (Fsp3) is 0. The van der Waals surface area contributed by atoms with Crippen LogP contribution in [0.15, 0.2) is 0 Å². The Morgan fingerprint density at radius 1 is 1.25 bits per heavy atom. The monoisotopic (exact) mass is 274 g/mol. The third kappa shape index (κ3) is 61.6. The van der Waals surface area contributed by atoms with Gasteiger partial charge in [0.05, 0.1) is 0 Å². The van der Waals surface area contributed by atoms with Crippen LogP contribution in [-0.2, 0) is 21.9 Å². The summed E-state index contributed by atoms with van der Waals surface area (Å²) in [5.41, 5.74) is 0. The van der Waals surface area contributed by atoms with E-state index in [9.17, 15) is 0 Å². The van der Waals surface area contributed by atoms with E-state index in [-0.39, 0.29) is 97.0 Å². The molecule has 40 valence electrons. The van der Waals surface area contributed by atoms with Crippen molar-refractivity contribution in [3.63, 3.8) is 0 Å². The van der Waals surface area contributed by atoms with Crippen molar-refractivity contribution in [2.24, 2.45) is 0 Å². The molecule has 8 heavy (non-hydrogen) atoms. The van der Waals surface area contributed by atoms with E-state index in [0.717, 1.165) is 0 Å². The van der Waals surface area contributed by atoms with Gasteiger partial charge in [0.25, 0.3) is 0 Å². The Labute approximate surface area is 124 Å². The van der Waals surface area contributed by atoms with E-state index in [1.807, 2.05) is 0 Å². The van der Waals surface area contributed by atoms with Crippen molar-refractivity contribution in [3.8, 4) is 0 Å². The molecule has 0 saturated carbocycles. The summed E-state index contributed by atoms with van der Waals surface area (Å²) in [6.07, 6.45) is 0. The molecule has 0 aliphatic carbocycles. The molecule has 3 nitrogen and oxygen atoms in total. The van der Waals surface area contributed by atoms with Crippen LogP contribution in [0.5, 0.6) is 0 Å². The van der Waals surface area contributed by atoms with Crippen LogP contribution in [0.1, 0.15) is 5.71 Å². The standard InChI is InChI=1S/Ba.FH.2Li.2H2O.O.Ti.4H/h;1H;;;2*1H2;;;;;;/q+2;;2*+1;;;;+2;4*-1/p-2. The van der Waals surface area contributed by atoms with E-state index in [0.29, 0.717) is 0 Å². The molecule has 0 spiro atoms. The minimum absolute atomic E-state index is 0. The molecule has 0 bridgehead atoms. The van der Waals surface area contributed by atoms with Crippen LogP contribution >= 0.6 is 0 Å². The summed E-state index contributed by atoms with van der Waals surface area (Å²) >= 11 is -3.58. The Bertz CT molecular complexity index is 51.3. The van der Waals surface area contributed by atoms with Crippen LogP contribution in [0, 0.1) is 0 Å². The summed E-state index contributed by atoms with van der Waals surface area (Å²) < 4.78 is 23.2. The molecule has 0 rings (SSSR count). The van der Waals surface area contributed by atoms with E-state index in [1.165, 1.54) is 0 Å². The average molecular weight is 273 g/mol. The Hall–Kier alpha value is 3.13. The van der Waals surface area contributed by atoms with Crippen LogP contribution in [-0.4, -0.2) is 56.3 Å². The topological polar surface area (TPSA) is 57.5 Å². The van der Waals surface area contributed by atoms with E-state index < -0.39 is 18.6 Å². The second kappa shape index (κ2) is 22.5. The molecule has 0 aromatic rings. The van der Waals surface area contributed by atoms with Crippen molar-refractivity contribution in [2.45, 2.75) is 0 Å². The number of hydrogen-bond acceptors (Lipinski definition) is 1. The molecule has 0 aliphatic heterocycles. The van der Waals surface area contributed by atoms with Gasteiger partial charge in [-0.25, -0.2) is 0 Å². The summed E-state index contributed by atoms with van der Waals surface area (Å²) in [7, 11) is 0. The molecular weight excluding hydrogens is 266 g/mol. The van der Waals surface area contributed by atoms with Crippen LogP contribution in [0.3, 0.4) is 0 Å². The number of halogens is 1. The molecule has 0 radical (unpaired) electrons.